The second-order valence-corrected chi connectivity index (χ2v) is 5.67. The molecule has 0 unspecified atom stereocenters. The lowest BCUT2D eigenvalue weighted by Gasteiger charge is -2.13. The normalized spacial score (nSPS) is 16.8. The molecule has 0 atom stereocenters. The van der Waals surface area contributed by atoms with Crippen LogP contribution in [-0.2, 0) is 10.2 Å². The first-order valence-corrected chi connectivity index (χ1v) is 6.74. The lowest BCUT2D eigenvalue weighted by molar-refractivity contribution is -0.137. The van der Waals surface area contributed by atoms with Crippen LogP contribution in [0.5, 0.6) is 0 Å². The van der Waals surface area contributed by atoms with Crippen LogP contribution in [0.3, 0.4) is 0 Å². The molecule has 98 valence electrons. The van der Waals surface area contributed by atoms with Gasteiger partial charge in [0.25, 0.3) is 0 Å². The van der Waals surface area contributed by atoms with Gasteiger partial charge in [-0.3, -0.25) is 4.79 Å². The maximum Gasteiger partial charge on any atom is 0.304 e. The van der Waals surface area contributed by atoms with Gasteiger partial charge >= 0.3 is 5.97 Å². The molecule has 5 heteroatoms. The van der Waals surface area contributed by atoms with Gasteiger partial charge in [0.2, 0.25) is 6.43 Å². The van der Waals surface area contributed by atoms with E-state index < -0.39 is 12.4 Å². The van der Waals surface area contributed by atoms with E-state index in [0.717, 1.165) is 35.1 Å². The molecule has 0 heterocycles. The molecule has 0 aliphatic heterocycles. The molecule has 0 amide bonds. The molecule has 18 heavy (non-hydrogen) atoms. The first-order chi connectivity index (χ1) is 8.52. The Morgan fingerprint density at radius 2 is 1.94 bits per heavy atom. The fourth-order valence-corrected chi connectivity index (χ4v) is 2.72. The first kappa shape index (κ1) is 13.3. The molecule has 0 radical (unpaired) electrons. The average Bonchev–Trinajstić information content (AvgIpc) is 3.07. The van der Waals surface area contributed by atoms with Crippen LogP contribution in [-0.4, -0.2) is 23.3 Å². The minimum atomic E-state index is -2.31. The van der Waals surface area contributed by atoms with Crippen LogP contribution in [0.4, 0.5) is 8.78 Å². The molecule has 1 aromatic carbocycles. The Morgan fingerprint density at radius 1 is 1.33 bits per heavy atom. The number of carboxylic acid groups (broad SMARTS) is 1. The van der Waals surface area contributed by atoms with Crippen molar-refractivity contribution >= 4 is 17.7 Å². The summed E-state index contributed by atoms with van der Waals surface area (Å²) in [5.74, 6) is -0.997. The van der Waals surface area contributed by atoms with E-state index in [1.807, 2.05) is 12.1 Å². The van der Waals surface area contributed by atoms with E-state index in [4.69, 9.17) is 5.11 Å². The number of aliphatic carboxylic acids is 1. The largest absolute Gasteiger partial charge is 0.481 e. The summed E-state index contributed by atoms with van der Waals surface area (Å²) in [5.41, 5.74) is 0.795. The summed E-state index contributed by atoms with van der Waals surface area (Å²) in [6.07, 6.45) is -0.376. The van der Waals surface area contributed by atoms with Crippen LogP contribution in [0, 0.1) is 0 Å². The van der Waals surface area contributed by atoms with E-state index >= 15 is 0 Å². The van der Waals surface area contributed by atoms with E-state index in [2.05, 4.69) is 0 Å². The van der Waals surface area contributed by atoms with Crippen molar-refractivity contribution in [2.45, 2.75) is 36.0 Å². The van der Waals surface area contributed by atoms with E-state index in [9.17, 15) is 13.6 Å². The van der Waals surface area contributed by atoms with Gasteiger partial charge < -0.3 is 5.11 Å². The minimum absolute atomic E-state index is 0.149. The number of halogens is 2. The summed E-state index contributed by atoms with van der Waals surface area (Å²) in [6, 6.07) is 7.32. The molecule has 1 aliphatic carbocycles. The zero-order valence-corrected chi connectivity index (χ0v) is 10.6. The summed E-state index contributed by atoms with van der Waals surface area (Å²) in [6.45, 7) is 0. The van der Waals surface area contributed by atoms with Crippen molar-refractivity contribution in [1.82, 2.24) is 0 Å². The van der Waals surface area contributed by atoms with Crippen molar-refractivity contribution < 1.29 is 18.7 Å². The van der Waals surface area contributed by atoms with E-state index in [-0.39, 0.29) is 17.6 Å². The second-order valence-electron chi connectivity index (χ2n) is 4.58. The Balaban J connectivity index is 2.01. The number of carbonyl (C=O) groups is 1. The summed E-state index contributed by atoms with van der Waals surface area (Å²) >= 11 is 1.12. The van der Waals surface area contributed by atoms with E-state index in [1.54, 1.807) is 12.1 Å². The molecule has 1 aliphatic rings. The number of alkyl halides is 2. The van der Waals surface area contributed by atoms with Crippen molar-refractivity contribution in [2.24, 2.45) is 0 Å². The topological polar surface area (TPSA) is 37.3 Å². The van der Waals surface area contributed by atoms with Crippen molar-refractivity contribution in [1.29, 1.82) is 0 Å². The molecule has 1 saturated carbocycles. The third kappa shape index (κ3) is 3.22. The summed E-state index contributed by atoms with van der Waals surface area (Å²) in [4.78, 5) is 11.6. The highest BCUT2D eigenvalue weighted by Gasteiger charge is 2.45. The van der Waals surface area contributed by atoms with Gasteiger partial charge in [-0.05, 0) is 30.5 Å². The van der Waals surface area contributed by atoms with E-state index in [0.29, 0.717) is 0 Å². The van der Waals surface area contributed by atoms with Crippen LogP contribution >= 0.6 is 11.8 Å². The number of carboxylic acids is 1. The lowest BCUT2D eigenvalue weighted by Crippen LogP contribution is -2.12. The predicted octanol–water partition coefficient (Wildman–Crippen LogP) is 3.55. The van der Waals surface area contributed by atoms with Gasteiger partial charge in [-0.15, -0.1) is 11.8 Å². The lowest BCUT2D eigenvalue weighted by atomic mass is 9.93. The quantitative estimate of drug-likeness (QED) is 0.805. The Labute approximate surface area is 108 Å². The highest BCUT2D eigenvalue weighted by Crippen LogP contribution is 2.51. The van der Waals surface area contributed by atoms with Crippen LogP contribution in [0.2, 0.25) is 0 Å². The van der Waals surface area contributed by atoms with E-state index in [1.165, 1.54) is 0 Å². The van der Waals surface area contributed by atoms with Crippen LogP contribution in [0.15, 0.2) is 29.2 Å². The first-order valence-electron chi connectivity index (χ1n) is 5.75. The summed E-state index contributed by atoms with van der Waals surface area (Å²) < 4.78 is 24.1. The third-order valence-corrected chi connectivity index (χ3v) is 4.21. The molecule has 1 aromatic rings. The van der Waals surface area contributed by atoms with Gasteiger partial charge in [0.15, 0.2) is 0 Å². The maximum atomic E-state index is 12.1. The fourth-order valence-electron chi connectivity index (χ4n) is 2.07. The smallest absolute Gasteiger partial charge is 0.304 e. The molecule has 0 aromatic heterocycles. The number of hydrogen-bond acceptors (Lipinski definition) is 2. The molecule has 0 bridgehead atoms. The molecule has 0 saturated heterocycles. The van der Waals surface area contributed by atoms with Crippen LogP contribution < -0.4 is 0 Å². The van der Waals surface area contributed by atoms with Crippen molar-refractivity contribution in [3.05, 3.63) is 29.8 Å². The number of thioether (sulfide) groups is 1. The van der Waals surface area contributed by atoms with Gasteiger partial charge in [-0.2, -0.15) is 0 Å². The standard InChI is InChI=1S/C13H14F2O2S/c14-11(15)8-18-10-3-1-9(2-4-10)13(5-6-13)7-12(16)17/h1-4,11H,5-8H2,(H,16,17). The summed E-state index contributed by atoms with van der Waals surface area (Å²) in [7, 11) is 0. The molecular formula is C13H14F2O2S. The van der Waals surface area contributed by atoms with Crippen LogP contribution in [0.25, 0.3) is 0 Å². The molecule has 1 fully saturated rings. The van der Waals surface area contributed by atoms with Gasteiger partial charge in [0.1, 0.15) is 0 Å². The maximum absolute atomic E-state index is 12.1. The Bertz CT molecular complexity index is 427. The highest BCUT2D eigenvalue weighted by molar-refractivity contribution is 7.99. The van der Waals surface area contributed by atoms with Gasteiger partial charge in [-0.1, -0.05) is 12.1 Å². The molecule has 1 N–H and O–H groups in total. The molecule has 2 rings (SSSR count). The van der Waals surface area contributed by atoms with Crippen LogP contribution in [0.1, 0.15) is 24.8 Å². The second kappa shape index (κ2) is 5.26. The molecule has 0 spiro atoms. The fraction of sp³-hybridized carbons (Fsp3) is 0.462. The Hall–Kier alpha value is -1.10. The third-order valence-electron chi connectivity index (χ3n) is 3.19. The van der Waals surface area contributed by atoms with Crippen molar-refractivity contribution in [3.8, 4) is 0 Å². The zero-order chi connectivity index (χ0) is 13.2. The van der Waals surface area contributed by atoms with Gasteiger partial charge in [0.05, 0.1) is 12.2 Å². The zero-order valence-electron chi connectivity index (χ0n) is 9.73. The number of hydrogen-bond donors (Lipinski definition) is 1. The Kier molecular flexibility index (Phi) is 3.90. The molecular weight excluding hydrogens is 258 g/mol. The van der Waals surface area contributed by atoms with Crippen molar-refractivity contribution in [2.75, 3.05) is 5.75 Å². The predicted molar refractivity (Wildman–Crippen MR) is 66.3 cm³/mol. The SMILES string of the molecule is O=C(O)CC1(c2ccc(SCC(F)F)cc2)CC1. The molecule has 2 nitrogen and oxygen atoms in total. The Morgan fingerprint density at radius 3 is 2.39 bits per heavy atom. The average molecular weight is 272 g/mol. The summed E-state index contributed by atoms with van der Waals surface area (Å²) in [5, 5.41) is 8.86. The minimum Gasteiger partial charge on any atom is -0.481 e. The number of benzene rings is 1. The van der Waals surface area contributed by atoms with Gasteiger partial charge in [-0.25, -0.2) is 8.78 Å². The van der Waals surface area contributed by atoms with Gasteiger partial charge in [0, 0.05) is 10.3 Å². The van der Waals surface area contributed by atoms with Crippen molar-refractivity contribution in [3.63, 3.8) is 0 Å². The highest BCUT2D eigenvalue weighted by atomic mass is 32.2. The number of rotatable bonds is 6. The monoisotopic (exact) mass is 272 g/mol.